The zero-order chi connectivity index (χ0) is 12.0. The Bertz CT molecular complexity index is 285. The van der Waals surface area contributed by atoms with Crippen LogP contribution in [0.1, 0.15) is 39.5 Å². The molecule has 3 heteroatoms. The van der Waals surface area contributed by atoms with Crippen molar-refractivity contribution in [2.24, 2.45) is 11.8 Å². The Morgan fingerprint density at radius 3 is 2.62 bits per heavy atom. The van der Waals surface area contributed by atoms with Crippen LogP contribution in [0.25, 0.3) is 0 Å². The molecule has 1 fully saturated rings. The van der Waals surface area contributed by atoms with Gasteiger partial charge in [-0.05, 0) is 18.8 Å². The summed E-state index contributed by atoms with van der Waals surface area (Å²) >= 11 is 0. The summed E-state index contributed by atoms with van der Waals surface area (Å²) in [6.07, 6.45) is 3.88. The van der Waals surface area contributed by atoms with Gasteiger partial charge in [-0.25, -0.2) is 0 Å². The summed E-state index contributed by atoms with van der Waals surface area (Å²) in [6, 6.07) is 5.01. The van der Waals surface area contributed by atoms with Crippen LogP contribution in [0.4, 0.5) is 0 Å². The number of rotatable bonds is 5. The van der Waals surface area contributed by atoms with Crippen molar-refractivity contribution in [3.8, 4) is 12.1 Å². The summed E-state index contributed by atoms with van der Waals surface area (Å²) in [5, 5.41) is 17.8. The van der Waals surface area contributed by atoms with Gasteiger partial charge in [0, 0.05) is 25.6 Å². The molecule has 1 aliphatic rings. The van der Waals surface area contributed by atoms with E-state index >= 15 is 0 Å². The first-order chi connectivity index (χ1) is 7.69. The Balaban J connectivity index is 2.60. The lowest BCUT2D eigenvalue weighted by Crippen LogP contribution is -2.40. The van der Waals surface area contributed by atoms with Gasteiger partial charge < -0.3 is 0 Å². The maximum Gasteiger partial charge on any atom is 0.0672 e. The lowest BCUT2D eigenvalue weighted by atomic mass is 10.0. The van der Waals surface area contributed by atoms with E-state index in [0.29, 0.717) is 18.4 Å². The van der Waals surface area contributed by atoms with Gasteiger partial charge in [-0.1, -0.05) is 20.3 Å². The van der Waals surface area contributed by atoms with Crippen molar-refractivity contribution in [2.45, 2.75) is 45.6 Å². The molecule has 0 radical (unpaired) electrons. The van der Waals surface area contributed by atoms with Crippen molar-refractivity contribution >= 4 is 0 Å². The first-order valence-electron chi connectivity index (χ1n) is 6.19. The van der Waals surface area contributed by atoms with Crippen molar-refractivity contribution < 1.29 is 0 Å². The molecule has 2 atom stereocenters. The molecule has 0 aromatic heterocycles. The highest BCUT2D eigenvalue weighted by Gasteiger charge is 2.31. The Kier molecular flexibility index (Phi) is 5.29. The fourth-order valence-corrected chi connectivity index (χ4v) is 2.58. The number of nitrogens with zero attached hydrogens (tertiary/aromatic N) is 3. The van der Waals surface area contributed by atoms with E-state index in [1.807, 2.05) is 0 Å². The van der Waals surface area contributed by atoms with Gasteiger partial charge in [-0.2, -0.15) is 10.5 Å². The molecule has 0 aliphatic heterocycles. The van der Waals surface area contributed by atoms with Gasteiger partial charge in [-0.3, -0.25) is 4.90 Å². The van der Waals surface area contributed by atoms with E-state index in [9.17, 15) is 0 Å². The molecule has 16 heavy (non-hydrogen) atoms. The second kappa shape index (κ2) is 6.51. The molecule has 0 saturated heterocycles. The summed E-state index contributed by atoms with van der Waals surface area (Å²) in [5.74, 6) is 0.774. The standard InChI is InChI=1S/C13H21N3/c1-11(2)10-16(8-4-7-14)13-6-3-5-12(13)9-15/h11-13H,3-6,8,10H2,1-2H3. The lowest BCUT2D eigenvalue weighted by molar-refractivity contribution is 0.162. The summed E-state index contributed by atoms with van der Waals surface area (Å²) in [6.45, 7) is 6.20. The fourth-order valence-electron chi connectivity index (χ4n) is 2.58. The van der Waals surface area contributed by atoms with Gasteiger partial charge in [0.05, 0.1) is 18.1 Å². The average Bonchev–Trinajstić information content (AvgIpc) is 2.71. The van der Waals surface area contributed by atoms with E-state index in [2.05, 4.69) is 30.9 Å². The van der Waals surface area contributed by atoms with Crippen LogP contribution >= 0.6 is 0 Å². The minimum Gasteiger partial charge on any atom is -0.298 e. The maximum absolute atomic E-state index is 9.10. The van der Waals surface area contributed by atoms with Crippen LogP contribution in [0.15, 0.2) is 0 Å². The number of hydrogen-bond acceptors (Lipinski definition) is 3. The number of hydrogen-bond donors (Lipinski definition) is 0. The monoisotopic (exact) mass is 219 g/mol. The van der Waals surface area contributed by atoms with Crippen molar-refractivity contribution in [3.05, 3.63) is 0 Å². The van der Waals surface area contributed by atoms with Crippen LogP contribution in [0.2, 0.25) is 0 Å². The third kappa shape index (κ3) is 3.51. The highest BCUT2D eigenvalue weighted by atomic mass is 15.2. The van der Waals surface area contributed by atoms with Gasteiger partial charge >= 0.3 is 0 Å². The summed E-state index contributed by atoms with van der Waals surface area (Å²) in [4.78, 5) is 2.36. The molecule has 1 rings (SSSR count). The molecule has 0 spiro atoms. The van der Waals surface area contributed by atoms with E-state index in [0.717, 1.165) is 32.4 Å². The zero-order valence-electron chi connectivity index (χ0n) is 10.3. The Morgan fingerprint density at radius 1 is 1.31 bits per heavy atom. The molecule has 0 amide bonds. The van der Waals surface area contributed by atoms with E-state index in [1.54, 1.807) is 0 Å². The molecule has 88 valence electrons. The first kappa shape index (κ1) is 13.0. The molecular weight excluding hydrogens is 198 g/mol. The Morgan fingerprint density at radius 2 is 2.06 bits per heavy atom. The van der Waals surface area contributed by atoms with Gasteiger partial charge in [-0.15, -0.1) is 0 Å². The van der Waals surface area contributed by atoms with Crippen molar-refractivity contribution in [1.82, 2.24) is 4.90 Å². The second-order valence-electron chi connectivity index (χ2n) is 5.03. The SMILES string of the molecule is CC(C)CN(CCC#N)C1CCCC1C#N. The predicted octanol–water partition coefficient (Wildman–Crippen LogP) is 2.55. The van der Waals surface area contributed by atoms with E-state index < -0.39 is 0 Å². The predicted molar refractivity (Wildman–Crippen MR) is 63.4 cm³/mol. The zero-order valence-corrected chi connectivity index (χ0v) is 10.3. The molecule has 0 aromatic rings. The molecular formula is C13H21N3. The van der Waals surface area contributed by atoms with Gasteiger partial charge in [0.1, 0.15) is 0 Å². The third-order valence-electron chi connectivity index (χ3n) is 3.22. The van der Waals surface area contributed by atoms with E-state index in [4.69, 9.17) is 10.5 Å². The van der Waals surface area contributed by atoms with Crippen LogP contribution in [-0.4, -0.2) is 24.0 Å². The molecule has 3 nitrogen and oxygen atoms in total. The molecule has 0 N–H and O–H groups in total. The van der Waals surface area contributed by atoms with Crippen molar-refractivity contribution in [3.63, 3.8) is 0 Å². The third-order valence-corrected chi connectivity index (χ3v) is 3.22. The topological polar surface area (TPSA) is 50.8 Å². The van der Waals surface area contributed by atoms with Crippen LogP contribution in [0, 0.1) is 34.5 Å². The van der Waals surface area contributed by atoms with E-state index in [1.165, 1.54) is 0 Å². The number of nitriles is 2. The van der Waals surface area contributed by atoms with Gasteiger partial charge in [0.15, 0.2) is 0 Å². The molecule has 0 bridgehead atoms. The summed E-state index contributed by atoms with van der Waals surface area (Å²) in [7, 11) is 0. The lowest BCUT2D eigenvalue weighted by Gasteiger charge is -2.31. The van der Waals surface area contributed by atoms with Gasteiger partial charge in [0.2, 0.25) is 0 Å². The maximum atomic E-state index is 9.10. The fraction of sp³-hybridized carbons (Fsp3) is 0.846. The molecule has 0 heterocycles. The normalized spacial score (nSPS) is 24.6. The molecule has 0 aromatic carbocycles. The largest absolute Gasteiger partial charge is 0.298 e. The van der Waals surface area contributed by atoms with Gasteiger partial charge in [0.25, 0.3) is 0 Å². The van der Waals surface area contributed by atoms with Crippen LogP contribution in [0.5, 0.6) is 0 Å². The smallest absolute Gasteiger partial charge is 0.0672 e. The van der Waals surface area contributed by atoms with Crippen molar-refractivity contribution in [2.75, 3.05) is 13.1 Å². The Labute approximate surface area is 98.7 Å². The molecule has 2 unspecified atom stereocenters. The summed E-state index contributed by atoms with van der Waals surface area (Å²) in [5.41, 5.74) is 0. The van der Waals surface area contributed by atoms with Crippen molar-refractivity contribution in [1.29, 1.82) is 10.5 Å². The average molecular weight is 219 g/mol. The molecule has 1 saturated carbocycles. The quantitative estimate of drug-likeness (QED) is 0.714. The highest BCUT2D eigenvalue weighted by molar-refractivity contribution is 4.98. The van der Waals surface area contributed by atoms with Crippen LogP contribution < -0.4 is 0 Å². The van der Waals surface area contributed by atoms with E-state index in [-0.39, 0.29) is 5.92 Å². The minimum absolute atomic E-state index is 0.178. The first-order valence-corrected chi connectivity index (χ1v) is 6.19. The highest BCUT2D eigenvalue weighted by Crippen LogP contribution is 2.30. The van der Waals surface area contributed by atoms with Crippen LogP contribution in [-0.2, 0) is 0 Å². The molecule has 1 aliphatic carbocycles. The summed E-state index contributed by atoms with van der Waals surface area (Å²) < 4.78 is 0. The Hall–Kier alpha value is -1.06. The second-order valence-corrected chi connectivity index (χ2v) is 5.03. The van der Waals surface area contributed by atoms with Crippen LogP contribution in [0.3, 0.4) is 0 Å². The minimum atomic E-state index is 0.178.